The number of rotatable bonds is 5. The van der Waals surface area contributed by atoms with Crippen LogP contribution in [0.4, 0.5) is 4.39 Å². The fraction of sp³-hybridized carbons (Fsp3) is 0. The van der Waals surface area contributed by atoms with Crippen molar-refractivity contribution in [1.82, 2.24) is 9.97 Å². The number of halogens is 3. The van der Waals surface area contributed by atoms with Crippen LogP contribution in [-0.2, 0) is 0 Å². The van der Waals surface area contributed by atoms with Crippen LogP contribution in [0.25, 0.3) is 44.1 Å². The number of fused-ring (bicyclic) bond motifs is 3. The summed E-state index contributed by atoms with van der Waals surface area (Å²) in [4.78, 5) is 9.23. The summed E-state index contributed by atoms with van der Waals surface area (Å²) in [5.41, 5.74) is 4.85. The highest BCUT2D eigenvalue weighted by Crippen LogP contribution is 2.38. The number of hydrogen-bond acceptors (Lipinski definition) is 4. The van der Waals surface area contributed by atoms with Gasteiger partial charge in [-0.05, 0) is 52.6 Å². The average Bonchev–Trinajstić information content (AvgIpc) is 2.93. The minimum absolute atomic E-state index is 0.0546. The van der Waals surface area contributed by atoms with E-state index < -0.39 is 12.9 Å². The number of aromatic nitrogens is 2. The van der Waals surface area contributed by atoms with Crippen LogP contribution in [0.2, 0.25) is 10.3 Å². The molecule has 2 aromatic heterocycles. The standard InChI is InChI=1S/C30H18BCl2FN2O2/c32-27-16-23(18-7-2-1-3-8-18)21-13-14-22-24(17-28(33)36-30(22)29(21)35-27)19-9-6-10-20(15-19)38-31(37)25-11-4-5-12-26(25)34/h1-17,37H. The van der Waals surface area contributed by atoms with E-state index in [1.165, 1.54) is 12.1 Å². The Morgan fingerprint density at radius 2 is 1.24 bits per heavy atom. The smallest absolute Gasteiger partial charge is 0.532 e. The van der Waals surface area contributed by atoms with Crippen LogP contribution in [0.1, 0.15) is 0 Å². The third kappa shape index (κ3) is 4.58. The van der Waals surface area contributed by atoms with E-state index in [9.17, 15) is 9.41 Å². The molecule has 8 heteroatoms. The van der Waals surface area contributed by atoms with E-state index in [1.54, 1.807) is 36.4 Å². The van der Waals surface area contributed by atoms with Gasteiger partial charge in [-0.25, -0.2) is 14.4 Å². The molecule has 0 aliphatic rings. The lowest BCUT2D eigenvalue weighted by molar-refractivity contribution is 0.430. The van der Waals surface area contributed by atoms with E-state index in [2.05, 4.69) is 9.97 Å². The molecular formula is C30H18BCl2FN2O2. The second-order valence-corrected chi connectivity index (χ2v) is 9.50. The Kier molecular flexibility index (Phi) is 6.46. The Morgan fingerprint density at radius 3 is 1.89 bits per heavy atom. The molecule has 0 spiro atoms. The Balaban J connectivity index is 1.47. The van der Waals surface area contributed by atoms with Gasteiger partial charge < -0.3 is 9.68 Å². The minimum Gasteiger partial charge on any atom is -0.532 e. The number of benzene rings is 4. The molecule has 0 saturated heterocycles. The molecule has 38 heavy (non-hydrogen) atoms. The molecule has 6 rings (SSSR count). The largest absolute Gasteiger partial charge is 0.563 e. The van der Waals surface area contributed by atoms with Crippen molar-refractivity contribution < 1.29 is 14.1 Å². The average molecular weight is 539 g/mol. The fourth-order valence-corrected chi connectivity index (χ4v) is 5.00. The van der Waals surface area contributed by atoms with Crippen LogP contribution in [-0.4, -0.2) is 22.1 Å². The van der Waals surface area contributed by atoms with Crippen molar-refractivity contribution in [3.8, 4) is 28.0 Å². The van der Waals surface area contributed by atoms with Crippen LogP contribution < -0.4 is 10.1 Å². The third-order valence-electron chi connectivity index (χ3n) is 6.34. The SMILES string of the molecule is OB(Oc1cccc(-c2cc(Cl)nc3c2ccc2c(-c4ccccc4)cc(Cl)nc23)c1)c1ccccc1F. The van der Waals surface area contributed by atoms with Crippen LogP contribution in [0, 0.1) is 5.82 Å². The molecule has 4 nitrogen and oxygen atoms in total. The Bertz CT molecular complexity index is 1820. The molecule has 0 radical (unpaired) electrons. The Hall–Kier alpha value is -3.97. The maximum Gasteiger partial charge on any atom is 0.563 e. The van der Waals surface area contributed by atoms with Crippen LogP contribution >= 0.6 is 23.2 Å². The fourth-order valence-electron chi connectivity index (χ4n) is 4.61. The molecule has 0 aliphatic heterocycles. The lowest BCUT2D eigenvalue weighted by Crippen LogP contribution is -2.38. The Labute approximate surface area is 228 Å². The molecule has 0 atom stereocenters. The van der Waals surface area contributed by atoms with Crippen molar-refractivity contribution in [3.63, 3.8) is 0 Å². The highest BCUT2D eigenvalue weighted by atomic mass is 35.5. The molecule has 0 bridgehead atoms. The zero-order chi connectivity index (χ0) is 26.2. The van der Waals surface area contributed by atoms with Crippen molar-refractivity contribution in [1.29, 1.82) is 0 Å². The van der Waals surface area contributed by atoms with Crippen LogP contribution in [0.3, 0.4) is 0 Å². The van der Waals surface area contributed by atoms with Gasteiger partial charge in [0, 0.05) is 16.2 Å². The van der Waals surface area contributed by atoms with E-state index in [0.29, 0.717) is 27.1 Å². The quantitative estimate of drug-likeness (QED) is 0.142. The first-order valence-corrected chi connectivity index (χ1v) is 12.6. The molecule has 184 valence electrons. The van der Waals surface area contributed by atoms with Crippen LogP contribution in [0.5, 0.6) is 5.75 Å². The molecule has 0 saturated carbocycles. The van der Waals surface area contributed by atoms with Gasteiger partial charge in [-0.2, -0.15) is 0 Å². The lowest BCUT2D eigenvalue weighted by Gasteiger charge is -2.14. The van der Waals surface area contributed by atoms with Gasteiger partial charge in [-0.3, -0.25) is 0 Å². The van der Waals surface area contributed by atoms with E-state index in [0.717, 1.165) is 33.0 Å². The lowest BCUT2D eigenvalue weighted by atomic mass is 9.79. The summed E-state index contributed by atoms with van der Waals surface area (Å²) >= 11 is 13.0. The zero-order valence-corrected chi connectivity index (χ0v) is 21.3. The summed E-state index contributed by atoms with van der Waals surface area (Å²) in [6.07, 6.45) is 0. The van der Waals surface area contributed by atoms with Crippen molar-refractivity contribution in [2.75, 3.05) is 0 Å². The highest BCUT2D eigenvalue weighted by molar-refractivity contribution is 6.60. The molecule has 6 aromatic rings. The first-order chi connectivity index (χ1) is 18.5. The third-order valence-corrected chi connectivity index (χ3v) is 6.73. The topological polar surface area (TPSA) is 55.2 Å². The van der Waals surface area contributed by atoms with Crippen molar-refractivity contribution >= 4 is 57.6 Å². The molecule has 4 aromatic carbocycles. The summed E-state index contributed by atoms with van der Waals surface area (Å²) in [5, 5.41) is 12.8. The van der Waals surface area contributed by atoms with E-state index in [4.69, 9.17) is 27.9 Å². The molecule has 2 heterocycles. The molecule has 0 aliphatic carbocycles. The van der Waals surface area contributed by atoms with Gasteiger partial charge >= 0.3 is 7.12 Å². The van der Waals surface area contributed by atoms with Gasteiger partial charge in [0.15, 0.2) is 0 Å². The Morgan fingerprint density at radius 1 is 0.658 bits per heavy atom. The number of pyridine rings is 2. The van der Waals surface area contributed by atoms with Gasteiger partial charge in [-0.1, -0.05) is 96.0 Å². The van der Waals surface area contributed by atoms with Gasteiger partial charge in [0.05, 0.1) is 11.0 Å². The monoisotopic (exact) mass is 538 g/mol. The second kappa shape index (κ2) is 10.1. The van der Waals surface area contributed by atoms with Crippen molar-refractivity contribution in [2.24, 2.45) is 0 Å². The van der Waals surface area contributed by atoms with Gasteiger partial charge in [0.2, 0.25) is 0 Å². The molecule has 0 amide bonds. The predicted molar refractivity (Wildman–Crippen MR) is 153 cm³/mol. The van der Waals surface area contributed by atoms with E-state index in [1.807, 2.05) is 54.6 Å². The molecular weight excluding hydrogens is 521 g/mol. The normalized spacial score (nSPS) is 11.2. The van der Waals surface area contributed by atoms with Gasteiger partial charge in [-0.15, -0.1) is 0 Å². The first kappa shape index (κ1) is 24.4. The summed E-state index contributed by atoms with van der Waals surface area (Å²) in [7, 11) is -1.46. The van der Waals surface area contributed by atoms with E-state index >= 15 is 0 Å². The van der Waals surface area contributed by atoms with Gasteiger partial charge in [0.1, 0.15) is 21.9 Å². The van der Waals surface area contributed by atoms with Crippen molar-refractivity contribution in [3.05, 3.63) is 119 Å². The maximum atomic E-state index is 14.1. The summed E-state index contributed by atoms with van der Waals surface area (Å²) < 4.78 is 19.8. The van der Waals surface area contributed by atoms with Crippen molar-refractivity contribution in [2.45, 2.75) is 0 Å². The first-order valence-electron chi connectivity index (χ1n) is 11.8. The minimum atomic E-state index is -1.46. The second-order valence-electron chi connectivity index (χ2n) is 8.73. The molecule has 0 fully saturated rings. The zero-order valence-electron chi connectivity index (χ0n) is 19.8. The summed E-state index contributed by atoms with van der Waals surface area (Å²) in [5.74, 6) is -0.177. The van der Waals surface area contributed by atoms with E-state index in [-0.39, 0.29) is 5.46 Å². The maximum absolute atomic E-state index is 14.1. The number of nitrogens with zero attached hydrogens (tertiary/aromatic N) is 2. The van der Waals surface area contributed by atoms with Crippen LogP contribution in [0.15, 0.2) is 103 Å². The van der Waals surface area contributed by atoms with Gasteiger partial charge in [0.25, 0.3) is 0 Å². The number of hydrogen-bond donors (Lipinski definition) is 1. The molecule has 1 N–H and O–H groups in total. The summed E-state index contributed by atoms with van der Waals surface area (Å²) in [6.45, 7) is 0. The predicted octanol–water partition coefficient (Wildman–Crippen LogP) is 7.33. The molecule has 0 unspecified atom stereocenters. The summed E-state index contributed by atoms with van der Waals surface area (Å²) in [6, 6.07) is 30.7. The highest BCUT2D eigenvalue weighted by Gasteiger charge is 2.23.